The zero-order valence-electron chi connectivity index (χ0n) is 12.6. The van der Waals surface area contributed by atoms with Crippen LogP contribution in [-0.4, -0.2) is 21.3 Å². The summed E-state index contributed by atoms with van der Waals surface area (Å²) in [4.78, 5) is 11.6. The molecule has 23 heavy (non-hydrogen) atoms. The summed E-state index contributed by atoms with van der Waals surface area (Å²) < 4.78 is 43.0. The number of benzene rings is 2. The van der Waals surface area contributed by atoms with Gasteiger partial charge >= 0.3 is 5.97 Å². The first-order valence-corrected chi connectivity index (χ1v) is 7.90. The molecule has 0 amide bonds. The van der Waals surface area contributed by atoms with Crippen molar-refractivity contribution >= 4 is 28.6 Å². The second-order valence-corrected chi connectivity index (χ2v) is 5.53. The number of carbonyl (C=O) groups excluding carboxylic acids is 1. The highest BCUT2D eigenvalue weighted by Gasteiger charge is 2.17. The molecule has 2 rings (SSSR count). The lowest BCUT2D eigenvalue weighted by Crippen LogP contribution is -2.21. The Hall–Kier alpha value is -2.25. The van der Waals surface area contributed by atoms with Gasteiger partial charge in [0.2, 0.25) is 0 Å². The monoisotopic (exact) mass is 336 g/mol. The molecular formula is C16H15FNO4S-. The van der Waals surface area contributed by atoms with Gasteiger partial charge in [-0.15, -0.1) is 0 Å². The summed E-state index contributed by atoms with van der Waals surface area (Å²) in [5.41, 5.74) is 1.10. The molecule has 1 unspecified atom stereocenters. The molecule has 0 aliphatic heterocycles. The Morgan fingerprint density at radius 1 is 1.26 bits per heavy atom. The van der Waals surface area contributed by atoms with Gasteiger partial charge in [-0.05, 0) is 44.2 Å². The first-order valence-electron chi connectivity index (χ1n) is 6.87. The topological polar surface area (TPSA) is 69.7 Å². The zero-order chi connectivity index (χ0) is 17.0. The van der Waals surface area contributed by atoms with Crippen molar-refractivity contribution in [3.05, 3.63) is 59.4 Å². The summed E-state index contributed by atoms with van der Waals surface area (Å²) >= 11 is -2.72. The smallest absolute Gasteiger partial charge is 0.338 e. The maximum atomic E-state index is 14.3. The predicted molar refractivity (Wildman–Crippen MR) is 84.6 cm³/mol. The number of anilines is 2. The number of carbonyl (C=O) groups is 1. The predicted octanol–water partition coefficient (Wildman–Crippen LogP) is 3.24. The van der Waals surface area contributed by atoms with Crippen LogP contribution in [0.2, 0.25) is 0 Å². The highest BCUT2D eigenvalue weighted by atomic mass is 32.2. The molecule has 5 nitrogen and oxygen atoms in total. The fourth-order valence-corrected chi connectivity index (χ4v) is 2.60. The summed E-state index contributed by atoms with van der Waals surface area (Å²) in [5.74, 6) is -1.50. The average Bonchev–Trinajstić information content (AvgIpc) is 2.51. The Morgan fingerprint density at radius 3 is 2.43 bits per heavy atom. The van der Waals surface area contributed by atoms with Gasteiger partial charge in [0.1, 0.15) is 5.82 Å². The highest BCUT2D eigenvalue weighted by Crippen LogP contribution is 2.30. The Labute approximate surface area is 136 Å². The van der Waals surface area contributed by atoms with E-state index in [1.165, 1.54) is 12.1 Å². The molecule has 7 heteroatoms. The van der Waals surface area contributed by atoms with E-state index in [4.69, 9.17) is 4.74 Å². The Bertz CT molecular complexity index is 733. The Balaban J connectivity index is 2.42. The highest BCUT2D eigenvalue weighted by molar-refractivity contribution is 7.81. The standard InChI is InChI=1S/C16H16FNO4S/c1-3-22-16(19)12-6-9-15(14(17)10-12)18(23(20)21)13-7-4-11(2)5-8-13/h4-10H,3H2,1-2H3,(H,20,21)/p-1. The maximum absolute atomic E-state index is 14.3. The van der Waals surface area contributed by atoms with Gasteiger partial charge in [0.15, 0.2) is 0 Å². The van der Waals surface area contributed by atoms with Crippen LogP contribution in [0, 0.1) is 12.7 Å². The SMILES string of the molecule is CCOC(=O)c1ccc(N(c2ccc(C)cc2)S(=O)[O-])c(F)c1. The van der Waals surface area contributed by atoms with E-state index in [1.54, 1.807) is 31.2 Å². The molecule has 0 radical (unpaired) electrons. The van der Waals surface area contributed by atoms with Crippen LogP contribution < -0.4 is 4.31 Å². The van der Waals surface area contributed by atoms with E-state index >= 15 is 0 Å². The van der Waals surface area contributed by atoms with E-state index < -0.39 is 23.1 Å². The quantitative estimate of drug-likeness (QED) is 0.621. The average molecular weight is 336 g/mol. The fourth-order valence-electron chi connectivity index (χ4n) is 2.00. The second kappa shape index (κ2) is 7.34. The number of hydrogen-bond donors (Lipinski definition) is 0. The molecule has 2 aromatic rings. The lowest BCUT2D eigenvalue weighted by Gasteiger charge is -2.27. The van der Waals surface area contributed by atoms with Crippen molar-refractivity contribution < 1.29 is 22.7 Å². The van der Waals surface area contributed by atoms with Crippen molar-refractivity contribution in [3.63, 3.8) is 0 Å². The van der Waals surface area contributed by atoms with Crippen LogP contribution in [0.4, 0.5) is 15.8 Å². The first-order chi connectivity index (χ1) is 10.9. The molecule has 2 aromatic carbocycles. The lowest BCUT2D eigenvalue weighted by atomic mass is 10.2. The molecule has 0 saturated carbocycles. The van der Waals surface area contributed by atoms with Gasteiger partial charge in [-0.1, -0.05) is 17.7 Å². The molecule has 0 aliphatic rings. The molecule has 0 aromatic heterocycles. The van der Waals surface area contributed by atoms with Crippen molar-refractivity contribution in [2.24, 2.45) is 0 Å². The van der Waals surface area contributed by atoms with E-state index in [9.17, 15) is 17.9 Å². The second-order valence-electron chi connectivity index (χ2n) is 4.73. The van der Waals surface area contributed by atoms with Crippen LogP contribution in [0.15, 0.2) is 42.5 Å². The molecule has 122 valence electrons. The number of rotatable bonds is 5. The molecule has 0 heterocycles. The van der Waals surface area contributed by atoms with Crippen LogP contribution >= 0.6 is 0 Å². The number of esters is 1. The largest absolute Gasteiger partial charge is 0.755 e. The Kier molecular flexibility index (Phi) is 5.46. The lowest BCUT2D eigenvalue weighted by molar-refractivity contribution is 0.0526. The van der Waals surface area contributed by atoms with E-state index in [1.807, 2.05) is 6.92 Å². The minimum absolute atomic E-state index is 0.0219. The molecule has 0 aliphatic carbocycles. The maximum Gasteiger partial charge on any atom is 0.338 e. The van der Waals surface area contributed by atoms with Crippen LogP contribution in [0.1, 0.15) is 22.8 Å². The molecule has 0 bridgehead atoms. The van der Waals surface area contributed by atoms with Gasteiger partial charge in [0.05, 0.1) is 34.8 Å². The molecular weight excluding hydrogens is 321 g/mol. The summed E-state index contributed by atoms with van der Waals surface area (Å²) in [6.45, 7) is 3.67. The third-order valence-corrected chi connectivity index (χ3v) is 3.80. The summed E-state index contributed by atoms with van der Waals surface area (Å²) in [7, 11) is 0. The summed E-state index contributed by atoms with van der Waals surface area (Å²) in [5, 5.41) is 0. The molecule has 0 N–H and O–H groups in total. The van der Waals surface area contributed by atoms with E-state index in [2.05, 4.69) is 0 Å². The normalized spacial score (nSPS) is 11.8. The number of hydrogen-bond acceptors (Lipinski definition) is 4. The van der Waals surface area contributed by atoms with Crippen molar-refractivity contribution in [1.82, 2.24) is 0 Å². The van der Waals surface area contributed by atoms with Crippen LogP contribution in [0.3, 0.4) is 0 Å². The first kappa shape index (κ1) is 17.1. The van der Waals surface area contributed by atoms with Gasteiger partial charge in [0.25, 0.3) is 0 Å². The number of halogens is 1. The molecule has 0 saturated heterocycles. The van der Waals surface area contributed by atoms with Gasteiger partial charge in [-0.25, -0.2) is 9.18 Å². The minimum atomic E-state index is -2.72. The van der Waals surface area contributed by atoms with Crippen molar-refractivity contribution in [2.75, 3.05) is 10.9 Å². The zero-order valence-corrected chi connectivity index (χ0v) is 13.4. The van der Waals surface area contributed by atoms with E-state index in [0.717, 1.165) is 15.9 Å². The molecule has 0 spiro atoms. The molecule has 1 atom stereocenters. The van der Waals surface area contributed by atoms with E-state index in [0.29, 0.717) is 5.69 Å². The van der Waals surface area contributed by atoms with Crippen LogP contribution in [0.25, 0.3) is 0 Å². The Morgan fingerprint density at radius 2 is 1.91 bits per heavy atom. The number of ether oxygens (including phenoxy) is 1. The minimum Gasteiger partial charge on any atom is -0.755 e. The van der Waals surface area contributed by atoms with Crippen molar-refractivity contribution in [2.45, 2.75) is 13.8 Å². The van der Waals surface area contributed by atoms with Gasteiger partial charge in [0, 0.05) is 0 Å². The van der Waals surface area contributed by atoms with E-state index in [-0.39, 0.29) is 17.9 Å². The summed E-state index contributed by atoms with van der Waals surface area (Å²) in [6.07, 6.45) is 0. The number of nitrogens with zero attached hydrogens (tertiary/aromatic N) is 1. The van der Waals surface area contributed by atoms with Crippen molar-refractivity contribution in [3.8, 4) is 0 Å². The molecule has 0 fully saturated rings. The third kappa shape index (κ3) is 3.94. The third-order valence-electron chi connectivity index (χ3n) is 3.10. The van der Waals surface area contributed by atoms with Gasteiger partial charge < -0.3 is 9.29 Å². The van der Waals surface area contributed by atoms with Crippen LogP contribution in [-0.2, 0) is 16.0 Å². The fraction of sp³-hybridized carbons (Fsp3) is 0.188. The number of aryl methyl sites for hydroxylation is 1. The van der Waals surface area contributed by atoms with Crippen LogP contribution in [0.5, 0.6) is 0 Å². The van der Waals surface area contributed by atoms with Gasteiger partial charge in [-0.3, -0.25) is 8.51 Å². The van der Waals surface area contributed by atoms with Crippen molar-refractivity contribution in [1.29, 1.82) is 0 Å². The van der Waals surface area contributed by atoms with Gasteiger partial charge in [-0.2, -0.15) is 0 Å². The summed E-state index contributed by atoms with van der Waals surface area (Å²) in [6, 6.07) is 10.1.